The van der Waals surface area contributed by atoms with Crippen LogP contribution in [0.4, 0.5) is 0 Å². The summed E-state index contributed by atoms with van der Waals surface area (Å²) in [7, 11) is 0.308. The molecule has 0 amide bonds. The zero-order valence-corrected chi connectivity index (χ0v) is 6.46. The van der Waals surface area contributed by atoms with E-state index in [-0.39, 0.29) is 37.1 Å². The van der Waals surface area contributed by atoms with E-state index in [1.165, 1.54) is 0 Å². The second kappa shape index (κ2) is 29.5. The van der Waals surface area contributed by atoms with Crippen LogP contribution >= 0.6 is 0 Å². The summed E-state index contributed by atoms with van der Waals surface area (Å²) in [4.78, 5) is 0. The lowest BCUT2D eigenvalue weighted by Gasteiger charge is -2.01. The Morgan fingerprint density at radius 2 is 1.46 bits per heavy atom. The highest BCUT2D eigenvalue weighted by Gasteiger charge is 1.91. The summed E-state index contributed by atoms with van der Waals surface area (Å²) in [5, 5.41) is 0. The van der Waals surface area contributed by atoms with Crippen molar-refractivity contribution in [2.45, 2.75) is 44.1 Å². The highest BCUT2D eigenvalue weighted by molar-refractivity contribution is 7.97. The SMILES string of the molecule is C.C.C.C.C.[CH2-][S+](C)CCOCC. The quantitative estimate of drug-likeness (QED) is 0.386. The van der Waals surface area contributed by atoms with Gasteiger partial charge in [-0.3, -0.25) is 0 Å². The molecule has 0 radical (unpaired) electrons. The third-order valence-electron chi connectivity index (χ3n) is 0.780. The predicted molar refractivity (Wildman–Crippen MR) is 73.7 cm³/mol. The molecular weight excluding hydrogens is 180 g/mol. The van der Waals surface area contributed by atoms with Crippen molar-refractivity contribution in [2.75, 3.05) is 25.2 Å². The van der Waals surface area contributed by atoms with Crippen molar-refractivity contribution in [2.24, 2.45) is 0 Å². The zero-order chi connectivity index (χ0) is 6.41. The molecule has 13 heavy (non-hydrogen) atoms. The van der Waals surface area contributed by atoms with Gasteiger partial charge in [-0.25, -0.2) is 0 Å². The summed E-state index contributed by atoms with van der Waals surface area (Å²) in [6.07, 6.45) is 5.98. The maximum Gasteiger partial charge on any atom is 0.102 e. The molecule has 0 aromatic heterocycles. The molecule has 0 rings (SSSR count). The van der Waals surface area contributed by atoms with Gasteiger partial charge in [-0.15, -0.1) is 6.26 Å². The van der Waals surface area contributed by atoms with Gasteiger partial charge in [0.25, 0.3) is 0 Å². The van der Waals surface area contributed by atoms with Crippen molar-refractivity contribution in [1.29, 1.82) is 0 Å². The molecule has 0 aliphatic heterocycles. The molecule has 0 saturated heterocycles. The van der Waals surface area contributed by atoms with Crippen molar-refractivity contribution < 1.29 is 4.74 Å². The average Bonchev–Trinajstić information content (AvgIpc) is 1.66. The van der Waals surface area contributed by atoms with E-state index in [0.717, 1.165) is 19.0 Å². The summed E-state index contributed by atoms with van der Waals surface area (Å²) in [6.45, 7) is 3.72. The first-order valence-electron chi connectivity index (χ1n) is 2.77. The molecule has 0 spiro atoms. The molecule has 1 nitrogen and oxygen atoms in total. The normalized spacial score (nSPS) is 8.54. The maximum atomic E-state index is 5.11. The first-order chi connectivity index (χ1) is 3.77. The van der Waals surface area contributed by atoms with Crippen molar-refractivity contribution in [3.8, 4) is 0 Å². The van der Waals surface area contributed by atoms with Gasteiger partial charge in [0.1, 0.15) is 5.75 Å². The second-order valence-corrected chi connectivity index (χ2v) is 3.65. The van der Waals surface area contributed by atoms with E-state index in [1.807, 2.05) is 6.92 Å². The summed E-state index contributed by atoms with van der Waals surface area (Å²) >= 11 is 0. The summed E-state index contributed by atoms with van der Waals surface area (Å²) in [6, 6.07) is 0. The van der Waals surface area contributed by atoms with Gasteiger partial charge in [0, 0.05) is 6.61 Å². The number of hydrogen-bond donors (Lipinski definition) is 0. The van der Waals surface area contributed by atoms with E-state index < -0.39 is 0 Å². The summed E-state index contributed by atoms with van der Waals surface area (Å²) < 4.78 is 5.11. The van der Waals surface area contributed by atoms with Crippen LogP contribution in [0.3, 0.4) is 0 Å². The maximum absolute atomic E-state index is 5.11. The molecule has 0 N–H and O–H groups in total. The predicted octanol–water partition coefficient (Wildman–Crippen LogP) is 4.24. The Morgan fingerprint density at radius 3 is 1.69 bits per heavy atom. The Bertz CT molecular complexity index is 47.4. The van der Waals surface area contributed by atoms with Crippen molar-refractivity contribution in [1.82, 2.24) is 0 Å². The van der Waals surface area contributed by atoms with Gasteiger partial charge in [0.2, 0.25) is 0 Å². The minimum Gasteiger partial charge on any atom is -0.377 e. The van der Waals surface area contributed by atoms with Gasteiger partial charge < -0.3 is 4.74 Å². The highest BCUT2D eigenvalue weighted by atomic mass is 32.2. The third kappa shape index (κ3) is 46.4. The molecule has 0 fully saturated rings. The lowest BCUT2D eigenvalue weighted by molar-refractivity contribution is 0.164. The monoisotopic (exact) mass is 214 g/mol. The lowest BCUT2D eigenvalue weighted by atomic mass is 10.8. The molecule has 0 bridgehead atoms. The zero-order valence-electron chi connectivity index (χ0n) is 5.64. The van der Waals surface area contributed by atoms with Crippen LogP contribution in [0, 0.1) is 6.26 Å². The molecule has 1 atom stereocenters. The van der Waals surface area contributed by atoms with E-state index in [9.17, 15) is 0 Å². The molecule has 0 aliphatic rings. The van der Waals surface area contributed by atoms with Crippen LogP contribution in [-0.4, -0.2) is 25.2 Å². The smallest absolute Gasteiger partial charge is 0.102 e. The van der Waals surface area contributed by atoms with Crippen LogP contribution in [-0.2, 0) is 15.6 Å². The van der Waals surface area contributed by atoms with Gasteiger partial charge in [-0.05, 0) is 6.92 Å². The van der Waals surface area contributed by atoms with Crippen molar-refractivity contribution >= 4 is 10.9 Å². The molecule has 0 aromatic carbocycles. The Morgan fingerprint density at radius 1 is 1.08 bits per heavy atom. The fraction of sp³-hybridized carbons (Fsp3) is 0.909. The largest absolute Gasteiger partial charge is 0.377 e. The summed E-state index contributed by atoms with van der Waals surface area (Å²) in [5.74, 6) is 1.10. The van der Waals surface area contributed by atoms with Crippen LogP contribution in [0.1, 0.15) is 44.1 Å². The Kier molecular flexibility index (Phi) is 85.6. The van der Waals surface area contributed by atoms with Crippen LogP contribution in [0.15, 0.2) is 0 Å². The molecule has 0 saturated carbocycles. The highest BCUT2D eigenvalue weighted by Crippen LogP contribution is 1.85. The van der Waals surface area contributed by atoms with E-state index >= 15 is 0 Å². The Balaban J connectivity index is -0.0000000245. The molecule has 0 aliphatic carbocycles. The minimum atomic E-state index is 0. The van der Waals surface area contributed by atoms with Gasteiger partial charge >= 0.3 is 0 Å². The number of rotatable bonds is 4. The lowest BCUT2D eigenvalue weighted by Crippen LogP contribution is -2.07. The standard InChI is InChI=1S/C6H14OS.5CH4/c1-4-7-5-6-8(2)3;;;;;/h2,4-6H2,1,3H3;5*1H4. The Labute approximate surface area is 91.6 Å². The molecule has 0 aromatic rings. The van der Waals surface area contributed by atoms with E-state index in [4.69, 9.17) is 4.74 Å². The summed E-state index contributed by atoms with van der Waals surface area (Å²) in [5.41, 5.74) is 0. The first kappa shape index (κ1) is 37.7. The van der Waals surface area contributed by atoms with Crippen LogP contribution in [0.5, 0.6) is 0 Å². The van der Waals surface area contributed by atoms with Gasteiger partial charge in [-0.1, -0.05) is 37.1 Å². The first-order valence-corrected chi connectivity index (χ1v) is 4.74. The van der Waals surface area contributed by atoms with Crippen LogP contribution in [0.2, 0.25) is 0 Å². The molecular formula is C11H34OS. The van der Waals surface area contributed by atoms with Gasteiger partial charge in [0.05, 0.1) is 12.9 Å². The van der Waals surface area contributed by atoms with Crippen molar-refractivity contribution in [3.63, 3.8) is 0 Å². The Hall–Kier alpha value is 0.310. The molecule has 0 heterocycles. The fourth-order valence-electron chi connectivity index (χ4n) is 0.346. The van der Waals surface area contributed by atoms with E-state index in [1.54, 1.807) is 0 Å². The van der Waals surface area contributed by atoms with Crippen LogP contribution in [0.25, 0.3) is 0 Å². The van der Waals surface area contributed by atoms with E-state index in [2.05, 4.69) is 12.5 Å². The second-order valence-electron chi connectivity index (χ2n) is 1.68. The van der Waals surface area contributed by atoms with Gasteiger partial charge in [0.15, 0.2) is 0 Å². The topological polar surface area (TPSA) is 9.23 Å². The average molecular weight is 214 g/mol. The molecule has 90 valence electrons. The number of hydrogen-bond acceptors (Lipinski definition) is 1. The van der Waals surface area contributed by atoms with E-state index in [0.29, 0.717) is 10.9 Å². The van der Waals surface area contributed by atoms with Crippen LogP contribution < -0.4 is 0 Å². The minimum absolute atomic E-state index is 0. The third-order valence-corrected chi connectivity index (χ3v) is 1.64. The van der Waals surface area contributed by atoms with Crippen molar-refractivity contribution in [3.05, 3.63) is 6.26 Å². The fourth-order valence-corrected chi connectivity index (χ4v) is 0.748. The number of ether oxygens (including phenoxy) is 1. The molecule has 1 unspecified atom stereocenters. The molecule has 2 heteroatoms. The van der Waals surface area contributed by atoms with Gasteiger partial charge in [-0.2, -0.15) is 10.9 Å².